The molecule has 0 aliphatic carbocycles. The van der Waals surface area contributed by atoms with Crippen LogP contribution < -0.4 is 5.32 Å². The van der Waals surface area contributed by atoms with Crippen LogP contribution in [-0.4, -0.2) is 23.8 Å². The molecule has 0 saturated carbocycles. The zero-order chi connectivity index (χ0) is 15.2. The third kappa shape index (κ3) is 4.22. The topological polar surface area (TPSA) is 54.1 Å². The molecule has 4 nitrogen and oxygen atoms in total. The fraction of sp³-hybridized carbons (Fsp3) is 0.214. The number of alkyl halides is 2. The van der Waals surface area contributed by atoms with Crippen LogP contribution in [0.25, 0.3) is 0 Å². The van der Waals surface area contributed by atoms with Crippen LogP contribution in [0.3, 0.4) is 0 Å². The van der Waals surface area contributed by atoms with Gasteiger partial charge in [-0.2, -0.15) is 8.78 Å². The van der Waals surface area contributed by atoms with Gasteiger partial charge in [-0.15, -0.1) is 0 Å². The molecule has 0 fully saturated rings. The third-order valence-corrected chi connectivity index (χ3v) is 3.51. The van der Waals surface area contributed by atoms with E-state index in [4.69, 9.17) is 0 Å². The number of anilines is 1. The molecule has 0 amide bonds. The summed E-state index contributed by atoms with van der Waals surface area (Å²) in [6, 6.07) is 10.2. The highest BCUT2D eigenvalue weighted by atomic mass is 32.2. The Morgan fingerprint density at radius 3 is 2.81 bits per heavy atom. The Hall–Kier alpha value is -2.02. The van der Waals surface area contributed by atoms with Crippen molar-refractivity contribution >= 4 is 23.4 Å². The van der Waals surface area contributed by atoms with Crippen molar-refractivity contribution in [3.05, 3.63) is 47.8 Å². The summed E-state index contributed by atoms with van der Waals surface area (Å²) >= 11 is 0.494. The molecule has 0 aliphatic rings. The number of para-hydroxylation sites is 1. The summed E-state index contributed by atoms with van der Waals surface area (Å²) in [5.41, 5.74) is 1.73. The summed E-state index contributed by atoms with van der Waals surface area (Å²) in [7, 11) is 1.30. The maximum absolute atomic E-state index is 12.5. The second-order valence-electron chi connectivity index (χ2n) is 4.12. The second kappa shape index (κ2) is 7.12. The van der Waals surface area contributed by atoms with E-state index >= 15 is 0 Å². The number of rotatable bonds is 6. The van der Waals surface area contributed by atoms with E-state index in [1.165, 1.54) is 7.11 Å². The molecular weight excluding hydrogens is 298 g/mol. The summed E-state index contributed by atoms with van der Waals surface area (Å²) in [6.45, 7) is 0.387. The standard InChI is InChI=1S/C14H14F2N2O2S/c1-20-13(19)11-7-6-9(18-11)8-17-10-4-2-3-5-12(10)21-14(15)16/h2-7,14,17-18H,8H2,1H3. The van der Waals surface area contributed by atoms with Crippen LogP contribution in [0.1, 0.15) is 16.2 Å². The van der Waals surface area contributed by atoms with Crippen molar-refractivity contribution in [1.29, 1.82) is 0 Å². The van der Waals surface area contributed by atoms with Gasteiger partial charge in [0.1, 0.15) is 5.69 Å². The van der Waals surface area contributed by atoms with Crippen LogP contribution in [-0.2, 0) is 11.3 Å². The maximum atomic E-state index is 12.5. The zero-order valence-electron chi connectivity index (χ0n) is 11.2. The number of nitrogens with one attached hydrogen (secondary N) is 2. The number of esters is 1. The quantitative estimate of drug-likeness (QED) is 0.630. The van der Waals surface area contributed by atoms with Gasteiger partial charge in [-0.05, 0) is 24.3 Å². The van der Waals surface area contributed by atoms with Crippen LogP contribution in [0.15, 0.2) is 41.3 Å². The van der Waals surface area contributed by atoms with Gasteiger partial charge in [0.15, 0.2) is 0 Å². The Morgan fingerprint density at radius 1 is 1.33 bits per heavy atom. The number of benzene rings is 1. The van der Waals surface area contributed by atoms with E-state index < -0.39 is 11.7 Å². The highest BCUT2D eigenvalue weighted by Crippen LogP contribution is 2.31. The summed E-state index contributed by atoms with van der Waals surface area (Å²) in [5, 5.41) is 3.07. The summed E-state index contributed by atoms with van der Waals surface area (Å²) in [4.78, 5) is 14.7. The number of aromatic nitrogens is 1. The number of ether oxygens (including phenoxy) is 1. The molecule has 0 bridgehead atoms. The van der Waals surface area contributed by atoms with Crippen LogP contribution in [0.2, 0.25) is 0 Å². The van der Waals surface area contributed by atoms with E-state index in [2.05, 4.69) is 15.0 Å². The van der Waals surface area contributed by atoms with E-state index in [9.17, 15) is 13.6 Å². The highest BCUT2D eigenvalue weighted by Gasteiger charge is 2.11. The molecule has 2 aromatic rings. The Labute approximate surface area is 124 Å². The van der Waals surface area contributed by atoms with Gasteiger partial charge in [-0.3, -0.25) is 0 Å². The van der Waals surface area contributed by atoms with Gasteiger partial charge in [0.2, 0.25) is 0 Å². The Bertz CT molecular complexity index is 617. The molecule has 0 saturated heterocycles. The van der Waals surface area contributed by atoms with Crippen LogP contribution in [0.4, 0.5) is 14.5 Å². The maximum Gasteiger partial charge on any atom is 0.354 e. The van der Waals surface area contributed by atoms with Crippen LogP contribution in [0, 0.1) is 0 Å². The molecule has 2 rings (SSSR count). The van der Waals surface area contributed by atoms with E-state index in [1.807, 2.05) is 0 Å². The van der Waals surface area contributed by atoms with Gasteiger partial charge in [-0.1, -0.05) is 23.9 Å². The molecule has 1 heterocycles. The van der Waals surface area contributed by atoms with Crippen molar-refractivity contribution in [2.75, 3.05) is 12.4 Å². The first-order valence-electron chi connectivity index (χ1n) is 6.14. The number of thioether (sulfide) groups is 1. The number of hydrogen-bond acceptors (Lipinski definition) is 4. The van der Waals surface area contributed by atoms with Crippen LogP contribution >= 0.6 is 11.8 Å². The Kier molecular flexibility index (Phi) is 5.21. The van der Waals surface area contributed by atoms with Crippen molar-refractivity contribution in [2.24, 2.45) is 0 Å². The van der Waals surface area contributed by atoms with Gasteiger partial charge in [0, 0.05) is 16.3 Å². The van der Waals surface area contributed by atoms with Gasteiger partial charge in [0.25, 0.3) is 5.76 Å². The van der Waals surface area contributed by atoms with Gasteiger partial charge in [-0.25, -0.2) is 4.79 Å². The average Bonchev–Trinajstić information content (AvgIpc) is 2.94. The third-order valence-electron chi connectivity index (χ3n) is 2.72. The lowest BCUT2D eigenvalue weighted by Crippen LogP contribution is -2.04. The number of halogens is 2. The SMILES string of the molecule is COC(=O)c1ccc(CNc2ccccc2SC(F)F)[nH]1. The number of carbonyl (C=O) groups excluding carboxylic acids is 1. The molecule has 2 N–H and O–H groups in total. The van der Waals surface area contributed by atoms with E-state index in [0.29, 0.717) is 34.6 Å². The minimum absolute atomic E-state index is 0.351. The predicted octanol–water partition coefficient (Wildman–Crippen LogP) is 3.73. The van der Waals surface area contributed by atoms with Crippen LogP contribution in [0.5, 0.6) is 0 Å². The molecule has 7 heteroatoms. The van der Waals surface area contributed by atoms with Crippen molar-refractivity contribution in [3.8, 4) is 0 Å². The minimum Gasteiger partial charge on any atom is -0.464 e. The van der Waals surface area contributed by atoms with E-state index in [-0.39, 0.29) is 0 Å². The molecule has 21 heavy (non-hydrogen) atoms. The van der Waals surface area contributed by atoms with E-state index in [1.54, 1.807) is 36.4 Å². The molecule has 0 radical (unpaired) electrons. The molecule has 112 valence electrons. The number of hydrogen-bond donors (Lipinski definition) is 2. The lowest BCUT2D eigenvalue weighted by molar-refractivity contribution is 0.0594. The summed E-state index contributed by atoms with van der Waals surface area (Å²) in [6.07, 6.45) is 0. The summed E-state index contributed by atoms with van der Waals surface area (Å²) in [5.74, 6) is -2.92. The van der Waals surface area contributed by atoms with Crippen molar-refractivity contribution in [1.82, 2.24) is 4.98 Å². The molecule has 1 aromatic carbocycles. The van der Waals surface area contributed by atoms with E-state index in [0.717, 1.165) is 5.69 Å². The minimum atomic E-state index is -2.47. The normalized spacial score (nSPS) is 10.7. The number of H-pyrrole nitrogens is 1. The molecule has 0 atom stereocenters. The summed E-state index contributed by atoms with van der Waals surface area (Å²) < 4.78 is 29.5. The fourth-order valence-electron chi connectivity index (χ4n) is 1.77. The van der Waals surface area contributed by atoms with Crippen molar-refractivity contribution < 1.29 is 18.3 Å². The highest BCUT2D eigenvalue weighted by molar-refractivity contribution is 7.99. The lowest BCUT2D eigenvalue weighted by atomic mass is 10.3. The Morgan fingerprint density at radius 2 is 2.10 bits per heavy atom. The predicted molar refractivity (Wildman–Crippen MR) is 77.8 cm³/mol. The number of methoxy groups -OCH3 is 1. The van der Waals surface area contributed by atoms with Crippen molar-refractivity contribution in [2.45, 2.75) is 17.2 Å². The first kappa shape index (κ1) is 15.4. The zero-order valence-corrected chi connectivity index (χ0v) is 12.0. The van der Waals surface area contributed by atoms with Gasteiger partial charge < -0.3 is 15.0 Å². The Balaban J connectivity index is 2.03. The molecular formula is C14H14F2N2O2S. The first-order valence-corrected chi connectivity index (χ1v) is 7.02. The number of carbonyl (C=O) groups is 1. The van der Waals surface area contributed by atoms with Gasteiger partial charge in [0.05, 0.1) is 13.7 Å². The average molecular weight is 312 g/mol. The fourth-order valence-corrected chi connectivity index (χ4v) is 2.39. The number of aromatic amines is 1. The van der Waals surface area contributed by atoms with Gasteiger partial charge >= 0.3 is 5.97 Å². The first-order chi connectivity index (χ1) is 10.1. The molecule has 1 aromatic heterocycles. The molecule has 0 unspecified atom stereocenters. The molecule has 0 spiro atoms. The largest absolute Gasteiger partial charge is 0.464 e. The smallest absolute Gasteiger partial charge is 0.354 e. The molecule has 0 aliphatic heterocycles. The van der Waals surface area contributed by atoms with Crippen molar-refractivity contribution in [3.63, 3.8) is 0 Å². The second-order valence-corrected chi connectivity index (χ2v) is 5.15. The lowest BCUT2D eigenvalue weighted by Gasteiger charge is -2.10. The monoisotopic (exact) mass is 312 g/mol.